The second kappa shape index (κ2) is 8.23. The molecule has 0 saturated heterocycles. The molecule has 3 aromatic carbocycles. The van der Waals surface area contributed by atoms with Gasteiger partial charge in [-0.05, 0) is 48.0 Å². The zero-order valence-corrected chi connectivity index (χ0v) is 17.8. The number of benzene rings is 3. The zero-order chi connectivity index (χ0) is 21.2. The van der Waals surface area contributed by atoms with Crippen molar-refractivity contribution in [1.82, 2.24) is 4.31 Å². The summed E-state index contributed by atoms with van der Waals surface area (Å²) in [6.07, 6.45) is 0. The van der Waals surface area contributed by atoms with Crippen molar-refractivity contribution < 1.29 is 13.2 Å². The van der Waals surface area contributed by atoms with Crippen molar-refractivity contribution in [3.8, 4) is 0 Å². The lowest BCUT2D eigenvalue weighted by atomic mass is 10.1. The monoisotopic (exact) mass is 411 g/mol. The van der Waals surface area contributed by atoms with E-state index in [1.54, 1.807) is 12.1 Å². The third-order valence-corrected chi connectivity index (χ3v) is 6.79. The van der Waals surface area contributed by atoms with Gasteiger partial charge in [0.2, 0.25) is 15.9 Å². The number of hydrogen-bond acceptors (Lipinski definition) is 4. The Labute approximate surface area is 171 Å². The first kappa shape index (κ1) is 20.8. The molecule has 0 aliphatic heterocycles. The third kappa shape index (κ3) is 4.41. The summed E-state index contributed by atoms with van der Waals surface area (Å²) in [5.74, 6) is -0.222. The fourth-order valence-electron chi connectivity index (χ4n) is 2.99. The molecule has 0 aliphatic rings. The molecule has 0 fully saturated rings. The normalized spacial score (nSPS) is 12.7. The standard InChI is InChI=1S/C22H25N3O3S/c1-16(25(4)20-13-12-17-8-5-6-9-18(17)14-20)22(26)23-19-10-7-11-21(15-19)29(27,28)24(2)3/h5-16H,1-4H3,(H,23,26)/t16-/m1/s1. The molecule has 0 radical (unpaired) electrons. The summed E-state index contributed by atoms with van der Waals surface area (Å²) in [7, 11) is 1.25. The van der Waals surface area contributed by atoms with Crippen LogP contribution in [0.4, 0.5) is 11.4 Å². The van der Waals surface area contributed by atoms with E-state index in [9.17, 15) is 13.2 Å². The van der Waals surface area contributed by atoms with Gasteiger partial charge < -0.3 is 10.2 Å². The summed E-state index contributed by atoms with van der Waals surface area (Å²) in [4.78, 5) is 14.8. The lowest BCUT2D eigenvalue weighted by Crippen LogP contribution is -2.39. The van der Waals surface area contributed by atoms with Gasteiger partial charge in [-0.2, -0.15) is 0 Å². The van der Waals surface area contributed by atoms with Crippen LogP contribution >= 0.6 is 0 Å². The molecule has 1 atom stereocenters. The summed E-state index contributed by atoms with van der Waals surface area (Å²) >= 11 is 0. The van der Waals surface area contributed by atoms with Crippen molar-refractivity contribution in [2.45, 2.75) is 17.9 Å². The second-order valence-electron chi connectivity index (χ2n) is 7.12. The van der Waals surface area contributed by atoms with Crippen LogP contribution in [-0.4, -0.2) is 45.8 Å². The van der Waals surface area contributed by atoms with Crippen molar-refractivity contribution in [3.05, 3.63) is 66.7 Å². The van der Waals surface area contributed by atoms with Gasteiger partial charge in [0.05, 0.1) is 4.90 Å². The molecule has 0 unspecified atom stereocenters. The van der Waals surface area contributed by atoms with Gasteiger partial charge in [-0.3, -0.25) is 4.79 Å². The quantitative estimate of drug-likeness (QED) is 0.673. The largest absolute Gasteiger partial charge is 0.363 e. The van der Waals surface area contributed by atoms with Crippen LogP contribution in [-0.2, 0) is 14.8 Å². The fourth-order valence-corrected chi connectivity index (χ4v) is 3.94. The van der Waals surface area contributed by atoms with Crippen molar-refractivity contribution in [2.75, 3.05) is 31.4 Å². The molecule has 3 rings (SSSR count). The van der Waals surface area contributed by atoms with Crippen LogP contribution in [0.2, 0.25) is 0 Å². The predicted octanol–water partition coefficient (Wildman–Crippen LogP) is 3.55. The van der Waals surface area contributed by atoms with Crippen LogP contribution in [0.1, 0.15) is 6.92 Å². The van der Waals surface area contributed by atoms with Crippen LogP contribution < -0.4 is 10.2 Å². The molecule has 1 amide bonds. The van der Waals surface area contributed by atoms with Gasteiger partial charge in [0.25, 0.3) is 0 Å². The van der Waals surface area contributed by atoms with Gasteiger partial charge in [0.1, 0.15) is 6.04 Å². The maximum absolute atomic E-state index is 12.8. The molecule has 7 heteroatoms. The number of carbonyl (C=O) groups excluding carboxylic acids is 1. The fraction of sp³-hybridized carbons (Fsp3) is 0.227. The molecule has 3 aromatic rings. The number of anilines is 2. The molecule has 0 aromatic heterocycles. The Morgan fingerprint density at radius 1 is 0.897 bits per heavy atom. The second-order valence-corrected chi connectivity index (χ2v) is 9.27. The maximum Gasteiger partial charge on any atom is 0.246 e. The van der Waals surface area contributed by atoms with Gasteiger partial charge in [-0.15, -0.1) is 0 Å². The number of nitrogens with one attached hydrogen (secondary N) is 1. The van der Waals surface area contributed by atoms with Gasteiger partial charge in [-0.25, -0.2) is 12.7 Å². The first-order valence-electron chi connectivity index (χ1n) is 9.25. The molecule has 0 saturated carbocycles. The lowest BCUT2D eigenvalue weighted by molar-refractivity contribution is -0.117. The Hall–Kier alpha value is -2.90. The van der Waals surface area contributed by atoms with E-state index >= 15 is 0 Å². The van der Waals surface area contributed by atoms with Crippen LogP contribution in [0.15, 0.2) is 71.6 Å². The summed E-state index contributed by atoms with van der Waals surface area (Å²) in [6.45, 7) is 1.81. The number of fused-ring (bicyclic) bond motifs is 1. The SMILES string of the molecule is C[C@H](C(=O)Nc1cccc(S(=O)(=O)N(C)C)c1)N(C)c1ccc2ccccc2c1. The van der Waals surface area contributed by atoms with E-state index in [2.05, 4.69) is 5.32 Å². The smallest absolute Gasteiger partial charge is 0.246 e. The molecular weight excluding hydrogens is 386 g/mol. The average molecular weight is 412 g/mol. The number of nitrogens with zero attached hydrogens (tertiary/aromatic N) is 2. The molecule has 29 heavy (non-hydrogen) atoms. The van der Waals surface area contributed by atoms with E-state index in [0.717, 1.165) is 20.8 Å². The number of hydrogen-bond donors (Lipinski definition) is 1. The highest BCUT2D eigenvalue weighted by Crippen LogP contribution is 2.23. The first-order valence-corrected chi connectivity index (χ1v) is 10.7. The highest BCUT2D eigenvalue weighted by Gasteiger charge is 2.21. The summed E-state index contributed by atoms with van der Waals surface area (Å²) in [5.41, 5.74) is 1.37. The summed E-state index contributed by atoms with van der Waals surface area (Å²) < 4.78 is 25.8. The topological polar surface area (TPSA) is 69.7 Å². The van der Waals surface area contributed by atoms with Crippen molar-refractivity contribution >= 4 is 38.1 Å². The van der Waals surface area contributed by atoms with E-state index < -0.39 is 16.1 Å². The number of rotatable bonds is 6. The third-order valence-electron chi connectivity index (χ3n) is 4.98. The minimum Gasteiger partial charge on any atom is -0.363 e. The molecule has 0 spiro atoms. The van der Waals surface area contributed by atoms with Crippen LogP contribution in [0, 0.1) is 0 Å². The Balaban J connectivity index is 1.78. The molecule has 0 heterocycles. The Morgan fingerprint density at radius 2 is 1.59 bits per heavy atom. The van der Waals surface area contributed by atoms with Crippen molar-refractivity contribution in [2.24, 2.45) is 0 Å². The molecule has 0 aliphatic carbocycles. The molecular formula is C22H25N3O3S. The number of likely N-dealkylation sites (N-methyl/N-ethyl adjacent to an activating group) is 1. The average Bonchev–Trinajstić information content (AvgIpc) is 2.72. The Bertz CT molecular complexity index is 1140. The van der Waals surface area contributed by atoms with Gasteiger partial charge in [-0.1, -0.05) is 36.4 Å². The van der Waals surface area contributed by atoms with E-state index in [-0.39, 0.29) is 10.8 Å². The maximum atomic E-state index is 12.8. The number of amides is 1. The Morgan fingerprint density at radius 3 is 2.28 bits per heavy atom. The first-order chi connectivity index (χ1) is 13.7. The zero-order valence-electron chi connectivity index (χ0n) is 17.0. The van der Waals surface area contributed by atoms with Gasteiger partial charge in [0.15, 0.2) is 0 Å². The van der Waals surface area contributed by atoms with E-state index in [1.807, 2.05) is 61.3 Å². The summed E-state index contributed by atoms with van der Waals surface area (Å²) in [6, 6.07) is 19.9. The Kier molecular flexibility index (Phi) is 5.91. The van der Waals surface area contributed by atoms with Gasteiger partial charge in [0, 0.05) is 32.5 Å². The molecule has 1 N–H and O–H groups in total. The number of sulfonamides is 1. The van der Waals surface area contributed by atoms with E-state index in [1.165, 1.54) is 26.2 Å². The van der Waals surface area contributed by atoms with Crippen LogP contribution in [0.3, 0.4) is 0 Å². The minimum atomic E-state index is -3.56. The molecule has 152 valence electrons. The summed E-state index contributed by atoms with van der Waals surface area (Å²) in [5, 5.41) is 5.06. The van der Waals surface area contributed by atoms with Crippen LogP contribution in [0.5, 0.6) is 0 Å². The van der Waals surface area contributed by atoms with Crippen molar-refractivity contribution in [1.29, 1.82) is 0 Å². The highest BCUT2D eigenvalue weighted by atomic mass is 32.2. The van der Waals surface area contributed by atoms with Crippen molar-refractivity contribution in [3.63, 3.8) is 0 Å². The van der Waals surface area contributed by atoms with E-state index in [4.69, 9.17) is 0 Å². The number of carbonyl (C=O) groups is 1. The molecule has 0 bridgehead atoms. The van der Waals surface area contributed by atoms with Crippen LogP contribution in [0.25, 0.3) is 10.8 Å². The molecule has 6 nitrogen and oxygen atoms in total. The van der Waals surface area contributed by atoms with E-state index in [0.29, 0.717) is 5.69 Å². The minimum absolute atomic E-state index is 0.135. The van der Waals surface area contributed by atoms with Gasteiger partial charge >= 0.3 is 0 Å². The lowest BCUT2D eigenvalue weighted by Gasteiger charge is -2.26. The highest BCUT2D eigenvalue weighted by molar-refractivity contribution is 7.89. The predicted molar refractivity (Wildman–Crippen MR) is 118 cm³/mol.